The van der Waals surface area contributed by atoms with Crippen LogP contribution in [0.3, 0.4) is 0 Å². The van der Waals surface area contributed by atoms with Crippen LogP contribution in [0.1, 0.15) is 16.7 Å². The SMILES string of the molecule is N=C(N)c1ccc(COCc2ccc(Cl)cc2)c(Cl)c1. The summed E-state index contributed by atoms with van der Waals surface area (Å²) in [4.78, 5) is 0. The molecule has 0 atom stereocenters. The van der Waals surface area contributed by atoms with E-state index in [1.54, 1.807) is 12.1 Å². The van der Waals surface area contributed by atoms with Gasteiger partial charge in [-0.25, -0.2) is 0 Å². The summed E-state index contributed by atoms with van der Waals surface area (Å²) in [5, 5.41) is 8.60. The van der Waals surface area contributed by atoms with Crippen molar-refractivity contribution in [3.63, 3.8) is 0 Å². The molecule has 2 aromatic carbocycles. The molecule has 0 aromatic heterocycles. The standard InChI is InChI=1S/C15H14Cl2N2O/c16-13-5-1-10(2-6-13)8-20-9-12-4-3-11(15(18)19)7-14(12)17/h1-7H,8-9H2,(H3,18,19). The lowest BCUT2D eigenvalue weighted by molar-refractivity contribution is 0.107. The third-order valence-corrected chi connectivity index (χ3v) is 3.41. The van der Waals surface area contributed by atoms with Gasteiger partial charge < -0.3 is 10.5 Å². The van der Waals surface area contributed by atoms with Crippen molar-refractivity contribution in [2.75, 3.05) is 0 Å². The average molecular weight is 309 g/mol. The summed E-state index contributed by atoms with van der Waals surface area (Å²) in [7, 11) is 0. The summed E-state index contributed by atoms with van der Waals surface area (Å²) in [6.45, 7) is 0.890. The highest BCUT2D eigenvalue weighted by Crippen LogP contribution is 2.19. The van der Waals surface area contributed by atoms with Crippen molar-refractivity contribution in [1.29, 1.82) is 5.41 Å². The van der Waals surface area contributed by atoms with Crippen molar-refractivity contribution in [2.24, 2.45) is 5.73 Å². The molecular formula is C15H14Cl2N2O. The molecule has 0 radical (unpaired) electrons. The predicted molar refractivity (Wildman–Crippen MR) is 82.4 cm³/mol. The number of hydrogen-bond acceptors (Lipinski definition) is 2. The zero-order chi connectivity index (χ0) is 14.5. The van der Waals surface area contributed by atoms with Crippen LogP contribution in [0.25, 0.3) is 0 Å². The fourth-order valence-electron chi connectivity index (χ4n) is 1.69. The second-order valence-electron chi connectivity index (χ2n) is 4.34. The second kappa shape index (κ2) is 6.75. The van der Waals surface area contributed by atoms with Crippen LogP contribution in [-0.2, 0) is 18.0 Å². The molecule has 0 fully saturated rings. The Morgan fingerprint density at radius 3 is 2.35 bits per heavy atom. The molecule has 5 heteroatoms. The van der Waals surface area contributed by atoms with Gasteiger partial charge in [-0.2, -0.15) is 0 Å². The van der Waals surface area contributed by atoms with E-state index < -0.39 is 0 Å². The van der Waals surface area contributed by atoms with E-state index in [1.165, 1.54) is 0 Å². The molecule has 0 saturated heterocycles. The Hall–Kier alpha value is -1.55. The van der Waals surface area contributed by atoms with Gasteiger partial charge in [-0.15, -0.1) is 0 Å². The Balaban J connectivity index is 1.94. The molecule has 3 N–H and O–H groups in total. The highest BCUT2D eigenvalue weighted by Gasteiger charge is 2.04. The van der Waals surface area contributed by atoms with Crippen LogP contribution in [0.4, 0.5) is 0 Å². The molecule has 0 saturated carbocycles. The number of halogens is 2. The quantitative estimate of drug-likeness (QED) is 0.648. The van der Waals surface area contributed by atoms with E-state index in [0.717, 1.165) is 11.1 Å². The Morgan fingerprint density at radius 1 is 1.05 bits per heavy atom. The summed E-state index contributed by atoms with van der Waals surface area (Å²) in [5.74, 6) is 0.000493. The second-order valence-corrected chi connectivity index (χ2v) is 5.18. The summed E-state index contributed by atoms with van der Waals surface area (Å²) < 4.78 is 5.61. The third-order valence-electron chi connectivity index (χ3n) is 2.80. The number of nitrogen functional groups attached to an aromatic ring is 1. The largest absolute Gasteiger partial charge is 0.384 e. The molecule has 0 aliphatic heterocycles. The molecule has 0 heterocycles. The molecule has 0 spiro atoms. The number of rotatable bonds is 5. The molecule has 2 aromatic rings. The number of nitrogens with two attached hydrogens (primary N) is 1. The van der Waals surface area contributed by atoms with Crippen molar-refractivity contribution >= 4 is 29.0 Å². The van der Waals surface area contributed by atoms with Crippen LogP contribution in [-0.4, -0.2) is 5.84 Å². The van der Waals surface area contributed by atoms with Crippen LogP contribution in [0.5, 0.6) is 0 Å². The van der Waals surface area contributed by atoms with E-state index in [9.17, 15) is 0 Å². The van der Waals surface area contributed by atoms with Crippen molar-refractivity contribution in [3.8, 4) is 0 Å². The van der Waals surface area contributed by atoms with E-state index in [1.807, 2.05) is 30.3 Å². The Labute approximate surface area is 127 Å². The number of benzene rings is 2. The fourth-order valence-corrected chi connectivity index (χ4v) is 2.05. The molecule has 3 nitrogen and oxygen atoms in total. The minimum Gasteiger partial charge on any atom is -0.384 e. The van der Waals surface area contributed by atoms with Crippen molar-refractivity contribution in [2.45, 2.75) is 13.2 Å². The van der Waals surface area contributed by atoms with Crippen LogP contribution >= 0.6 is 23.2 Å². The zero-order valence-electron chi connectivity index (χ0n) is 10.7. The number of nitrogens with one attached hydrogen (secondary N) is 1. The monoisotopic (exact) mass is 308 g/mol. The lowest BCUT2D eigenvalue weighted by Gasteiger charge is -2.08. The Bertz CT molecular complexity index is 612. The Kier molecular flexibility index (Phi) is 5.01. The van der Waals surface area contributed by atoms with Crippen molar-refractivity contribution < 1.29 is 4.74 Å². The predicted octanol–water partition coefficient (Wildman–Crippen LogP) is 3.99. The highest BCUT2D eigenvalue weighted by atomic mass is 35.5. The summed E-state index contributed by atoms with van der Waals surface area (Å²) in [6, 6.07) is 12.7. The summed E-state index contributed by atoms with van der Waals surface area (Å²) in [6.07, 6.45) is 0. The first-order valence-electron chi connectivity index (χ1n) is 6.01. The maximum Gasteiger partial charge on any atom is 0.122 e. The van der Waals surface area contributed by atoms with Crippen LogP contribution in [0.2, 0.25) is 10.0 Å². The molecule has 0 aliphatic rings. The summed E-state index contributed by atoms with van der Waals surface area (Å²) >= 11 is 11.9. The maximum atomic E-state index is 7.35. The van der Waals surface area contributed by atoms with Crippen LogP contribution < -0.4 is 5.73 Å². The van der Waals surface area contributed by atoms with Crippen LogP contribution in [0.15, 0.2) is 42.5 Å². The molecule has 0 unspecified atom stereocenters. The first kappa shape index (κ1) is 14.9. The van der Waals surface area contributed by atoms with Gasteiger partial charge in [0.15, 0.2) is 0 Å². The van der Waals surface area contributed by atoms with Gasteiger partial charge in [0.05, 0.1) is 13.2 Å². The third kappa shape index (κ3) is 3.97. The number of ether oxygens (including phenoxy) is 1. The van der Waals surface area contributed by atoms with E-state index in [0.29, 0.717) is 28.8 Å². The van der Waals surface area contributed by atoms with Gasteiger partial charge in [-0.1, -0.05) is 47.5 Å². The van der Waals surface area contributed by atoms with Gasteiger partial charge in [0.1, 0.15) is 5.84 Å². The first-order chi connectivity index (χ1) is 9.56. The molecule has 0 amide bonds. The molecule has 20 heavy (non-hydrogen) atoms. The van der Waals surface area contributed by atoms with Gasteiger partial charge in [0.2, 0.25) is 0 Å². The van der Waals surface area contributed by atoms with Gasteiger partial charge in [0.25, 0.3) is 0 Å². The normalized spacial score (nSPS) is 10.5. The summed E-state index contributed by atoms with van der Waals surface area (Å²) in [5.41, 5.74) is 7.92. The molecule has 0 aliphatic carbocycles. The van der Waals surface area contributed by atoms with E-state index in [4.69, 9.17) is 39.1 Å². The minimum absolute atomic E-state index is 0.000493. The molecular weight excluding hydrogens is 295 g/mol. The fraction of sp³-hybridized carbons (Fsp3) is 0.133. The lowest BCUT2D eigenvalue weighted by Crippen LogP contribution is -2.11. The van der Waals surface area contributed by atoms with Gasteiger partial charge >= 0.3 is 0 Å². The van der Waals surface area contributed by atoms with Gasteiger partial charge in [-0.05, 0) is 29.3 Å². The van der Waals surface area contributed by atoms with Crippen LogP contribution in [0, 0.1) is 5.41 Å². The van der Waals surface area contributed by atoms with Crippen molar-refractivity contribution in [3.05, 3.63) is 69.2 Å². The van der Waals surface area contributed by atoms with E-state index in [-0.39, 0.29) is 5.84 Å². The average Bonchev–Trinajstić information content (AvgIpc) is 2.42. The zero-order valence-corrected chi connectivity index (χ0v) is 12.2. The topological polar surface area (TPSA) is 59.1 Å². The highest BCUT2D eigenvalue weighted by molar-refractivity contribution is 6.31. The van der Waals surface area contributed by atoms with E-state index in [2.05, 4.69) is 0 Å². The Morgan fingerprint density at radius 2 is 1.75 bits per heavy atom. The maximum absolute atomic E-state index is 7.35. The molecule has 0 bridgehead atoms. The molecule has 104 valence electrons. The van der Waals surface area contributed by atoms with E-state index >= 15 is 0 Å². The lowest BCUT2D eigenvalue weighted by atomic mass is 10.1. The number of amidine groups is 1. The minimum atomic E-state index is 0.000493. The van der Waals surface area contributed by atoms with Gasteiger partial charge in [0, 0.05) is 15.6 Å². The van der Waals surface area contributed by atoms with Gasteiger partial charge in [-0.3, -0.25) is 5.41 Å². The first-order valence-corrected chi connectivity index (χ1v) is 6.77. The number of hydrogen-bond donors (Lipinski definition) is 2. The molecule has 2 rings (SSSR count). The smallest absolute Gasteiger partial charge is 0.122 e. The van der Waals surface area contributed by atoms with Crippen molar-refractivity contribution in [1.82, 2.24) is 0 Å².